The number of hydrogen-bond donors (Lipinski definition) is 2. The summed E-state index contributed by atoms with van der Waals surface area (Å²) >= 11 is 1.38. The van der Waals surface area contributed by atoms with Crippen LogP contribution in [0.25, 0.3) is 10.2 Å². The zero-order chi connectivity index (χ0) is 18.4. The number of carboxylic acid groups (broad SMARTS) is 1. The molecule has 1 unspecified atom stereocenters. The largest absolute Gasteiger partial charge is 0.478 e. The SMILES string of the molecule is CC#Cc1cc2cc(C(=O)O)c(C3=NC(C)(C(C)C)C(=O)N3)nc2s1. The normalized spacial score (nSPS) is 19.6. The molecular formula is C18H17N3O3S. The van der Waals surface area contributed by atoms with Gasteiger partial charge in [-0.1, -0.05) is 19.8 Å². The first-order valence-corrected chi connectivity index (χ1v) is 8.60. The number of fused-ring (bicyclic) bond motifs is 1. The maximum Gasteiger partial charge on any atom is 0.338 e. The second-order valence-corrected chi connectivity index (χ2v) is 7.32. The fourth-order valence-electron chi connectivity index (χ4n) is 2.55. The van der Waals surface area contributed by atoms with E-state index in [2.05, 4.69) is 27.1 Å². The lowest BCUT2D eigenvalue weighted by atomic mass is 9.89. The Morgan fingerprint density at radius 1 is 1.40 bits per heavy atom. The van der Waals surface area contributed by atoms with Crippen LogP contribution in [0.4, 0.5) is 0 Å². The second kappa shape index (κ2) is 5.97. The van der Waals surface area contributed by atoms with Crippen LogP contribution in [0.1, 0.15) is 48.6 Å². The van der Waals surface area contributed by atoms with Crippen molar-refractivity contribution in [3.8, 4) is 11.8 Å². The number of pyridine rings is 1. The highest BCUT2D eigenvalue weighted by molar-refractivity contribution is 7.19. The zero-order valence-electron chi connectivity index (χ0n) is 14.3. The number of aromatic carboxylic acids is 1. The molecule has 25 heavy (non-hydrogen) atoms. The smallest absolute Gasteiger partial charge is 0.338 e. The van der Waals surface area contributed by atoms with E-state index in [0.29, 0.717) is 10.2 Å². The van der Waals surface area contributed by atoms with Crippen molar-refractivity contribution < 1.29 is 14.7 Å². The Morgan fingerprint density at radius 3 is 2.68 bits per heavy atom. The summed E-state index contributed by atoms with van der Waals surface area (Å²) in [5.41, 5.74) is -0.750. The highest BCUT2D eigenvalue weighted by Crippen LogP contribution is 2.30. The summed E-state index contributed by atoms with van der Waals surface area (Å²) in [6, 6.07) is 3.37. The third-order valence-corrected chi connectivity index (χ3v) is 5.33. The minimum atomic E-state index is -1.12. The molecule has 3 heterocycles. The predicted octanol–water partition coefficient (Wildman–Crippen LogP) is 2.66. The highest BCUT2D eigenvalue weighted by Gasteiger charge is 2.43. The van der Waals surface area contributed by atoms with Crippen LogP contribution in [-0.2, 0) is 4.79 Å². The molecule has 1 aliphatic rings. The molecule has 1 aliphatic heterocycles. The molecule has 0 radical (unpaired) electrons. The lowest BCUT2D eigenvalue weighted by Gasteiger charge is -2.21. The van der Waals surface area contributed by atoms with Crippen molar-refractivity contribution in [1.82, 2.24) is 10.3 Å². The second-order valence-electron chi connectivity index (χ2n) is 6.29. The van der Waals surface area contributed by atoms with Crippen molar-refractivity contribution in [1.29, 1.82) is 0 Å². The minimum Gasteiger partial charge on any atom is -0.478 e. The van der Waals surface area contributed by atoms with Crippen LogP contribution in [0.3, 0.4) is 0 Å². The molecule has 0 aromatic carbocycles. The van der Waals surface area contributed by atoms with Gasteiger partial charge in [0.15, 0.2) is 5.84 Å². The summed E-state index contributed by atoms with van der Waals surface area (Å²) in [7, 11) is 0. The summed E-state index contributed by atoms with van der Waals surface area (Å²) in [6.07, 6.45) is 0. The van der Waals surface area contributed by atoms with E-state index < -0.39 is 11.5 Å². The average Bonchev–Trinajstić information content (AvgIpc) is 3.07. The summed E-state index contributed by atoms with van der Waals surface area (Å²) in [5.74, 6) is 4.57. The molecule has 7 heteroatoms. The molecule has 0 bridgehead atoms. The standard InChI is InChI=1S/C18H17N3O3S/c1-5-6-11-7-10-8-12(16(22)23)13(19-15(10)25-11)14-20-17(24)18(4,21-14)9(2)3/h7-9H,1-4H3,(H,22,23)(H,20,21,24). The van der Waals surface area contributed by atoms with Gasteiger partial charge in [0.2, 0.25) is 0 Å². The summed E-state index contributed by atoms with van der Waals surface area (Å²) < 4.78 is 0. The van der Waals surface area contributed by atoms with Crippen LogP contribution < -0.4 is 5.32 Å². The molecule has 128 valence electrons. The first kappa shape index (κ1) is 17.1. The van der Waals surface area contributed by atoms with Gasteiger partial charge in [-0.05, 0) is 31.9 Å². The number of hydrogen-bond acceptors (Lipinski definition) is 5. The van der Waals surface area contributed by atoms with Crippen LogP contribution in [0.2, 0.25) is 0 Å². The summed E-state index contributed by atoms with van der Waals surface area (Å²) in [4.78, 5) is 34.4. The Morgan fingerprint density at radius 2 is 2.12 bits per heavy atom. The number of aliphatic imine (C=N–C) groups is 1. The van der Waals surface area contributed by atoms with E-state index in [1.54, 1.807) is 19.9 Å². The van der Waals surface area contributed by atoms with Crippen molar-refractivity contribution in [3.05, 3.63) is 28.3 Å². The minimum absolute atomic E-state index is 0.00774. The molecule has 1 atom stereocenters. The fraction of sp³-hybridized carbons (Fsp3) is 0.333. The van der Waals surface area contributed by atoms with Gasteiger partial charge in [0.1, 0.15) is 16.1 Å². The Balaban J connectivity index is 2.21. The number of nitrogens with zero attached hydrogens (tertiary/aromatic N) is 2. The topological polar surface area (TPSA) is 91.6 Å². The van der Waals surface area contributed by atoms with Gasteiger partial charge in [0.05, 0.1) is 10.4 Å². The quantitative estimate of drug-likeness (QED) is 0.828. The Hall–Kier alpha value is -2.72. The number of nitrogens with one attached hydrogen (secondary N) is 1. The van der Waals surface area contributed by atoms with Crippen molar-refractivity contribution in [2.24, 2.45) is 10.9 Å². The van der Waals surface area contributed by atoms with E-state index in [9.17, 15) is 14.7 Å². The van der Waals surface area contributed by atoms with Crippen LogP contribution in [0.15, 0.2) is 17.1 Å². The molecule has 2 N–H and O–H groups in total. The van der Waals surface area contributed by atoms with Crippen molar-refractivity contribution in [2.45, 2.75) is 33.2 Å². The van der Waals surface area contributed by atoms with Gasteiger partial charge in [-0.2, -0.15) is 0 Å². The predicted molar refractivity (Wildman–Crippen MR) is 97.1 cm³/mol. The van der Waals surface area contributed by atoms with Crippen LogP contribution in [0.5, 0.6) is 0 Å². The van der Waals surface area contributed by atoms with Crippen molar-refractivity contribution in [3.63, 3.8) is 0 Å². The third-order valence-electron chi connectivity index (χ3n) is 4.37. The maximum atomic E-state index is 12.3. The maximum absolute atomic E-state index is 12.3. The first-order valence-electron chi connectivity index (χ1n) is 7.78. The summed E-state index contributed by atoms with van der Waals surface area (Å²) in [6.45, 7) is 7.27. The van der Waals surface area contributed by atoms with Gasteiger partial charge in [0.25, 0.3) is 5.91 Å². The number of amides is 1. The molecule has 1 amide bonds. The number of amidine groups is 1. The molecule has 0 spiro atoms. The molecule has 0 saturated heterocycles. The number of carbonyl (C=O) groups excluding carboxylic acids is 1. The molecule has 0 fully saturated rings. The molecular weight excluding hydrogens is 338 g/mol. The Labute approximate surface area is 149 Å². The molecule has 0 saturated carbocycles. The van der Waals surface area contributed by atoms with Gasteiger partial charge in [-0.15, -0.1) is 17.3 Å². The third kappa shape index (κ3) is 2.79. The van der Waals surface area contributed by atoms with Gasteiger partial charge in [-0.25, -0.2) is 14.8 Å². The van der Waals surface area contributed by atoms with E-state index in [4.69, 9.17) is 0 Å². The Kier molecular flexibility index (Phi) is 4.09. The molecule has 0 aliphatic carbocycles. The van der Waals surface area contributed by atoms with Gasteiger partial charge in [-0.3, -0.25) is 4.79 Å². The first-order chi connectivity index (χ1) is 11.8. The van der Waals surface area contributed by atoms with Gasteiger partial charge >= 0.3 is 5.97 Å². The van der Waals surface area contributed by atoms with E-state index in [0.717, 1.165) is 4.88 Å². The molecule has 6 nitrogen and oxygen atoms in total. The van der Waals surface area contributed by atoms with Crippen LogP contribution in [0, 0.1) is 17.8 Å². The molecule has 2 aromatic heterocycles. The highest BCUT2D eigenvalue weighted by atomic mass is 32.1. The fourth-order valence-corrected chi connectivity index (χ4v) is 3.47. The number of rotatable bonds is 3. The lowest BCUT2D eigenvalue weighted by molar-refractivity contribution is -0.124. The molecule has 3 rings (SSSR count). The van der Waals surface area contributed by atoms with Crippen LogP contribution in [-0.4, -0.2) is 33.3 Å². The number of thiophene rings is 1. The number of carboxylic acids is 1. The van der Waals surface area contributed by atoms with Crippen LogP contribution >= 0.6 is 11.3 Å². The van der Waals surface area contributed by atoms with E-state index >= 15 is 0 Å². The van der Waals surface area contributed by atoms with E-state index in [1.165, 1.54) is 11.3 Å². The number of aromatic nitrogens is 1. The van der Waals surface area contributed by atoms with E-state index in [-0.39, 0.29) is 28.9 Å². The number of carbonyl (C=O) groups is 2. The van der Waals surface area contributed by atoms with Gasteiger partial charge in [0, 0.05) is 5.39 Å². The Bertz CT molecular complexity index is 994. The monoisotopic (exact) mass is 355 g/mol. The van der Waals surface area contributed by atoms with E-state index in [1.807, 2.05) is 19.9 Å². The zero-order valence-corrected chi connectivity index (χ0v) is 15.1. The van der Waals surface area contributed by atoms with Crippen molar-refractivity contribution >= 4 is 39.3 Å². The van der Waals surface area contributed by atoms with Crippen molar-refractivity contribution in [2.75, 3.05) is 0 Å². The average molecular weight is 355 g/mol. The van der Waals surface area contributed by atoms with Gasteiger partial charge < -0.3 is 10.4 Å². The lowest BCUT2D eigenvalue weighted by Crippen LogP contribution is -2.41. The summed E-state index contributed by atoms with van der Waals surface area (Å²) in [5, 5.41) is 13.0. The molecule has 2 aromatic rings.